The first kappa shape index (κ1) is 21.7. The van der Waals surface area contributed by atoms with E-state index in [1.807, 2.05) is 9.80 Å². The fourth-order valence-corrected chi connectivity index (χ4v) is 6.51. The third-order valence-electron chi connectivity index (χ3n) is 7.67. The number of hydrogen-bond donors (Lipinski definition) is 0. The van der Waals surface area contributed by atoms with Crippen LogP contribution in [0.2, 0.25) is 0 Å². The molecule has 0 spiro atoms. The number of halogens is 2. The molecule has 2 aliphatic heterocycles. The first-order valence-corrected chi connectivity index (χ1v) is 12.1. The maximum Gasteiger partial charge on any atom is 0.246 e. The van der Waals surface area contributed by atoms with E-state index in [-0.39, 0.29) is 40.6 Å². The van der Waals surface area contributed by atoms with E-state index in [9.17, 15) is 9.59 Å². The third kappa shape index (κ3) is 4.29. The number of nitrogens with zero attached hydrogens (tertiary/aromatic N) is 2. The van der Waals surface area contributed by atoms with Crippen molar-refractivity contribution in [2.24, 2.45) is 17.3 Å². The van der Waals surface area contributed by atoms with E-state index >= 15 is 0 Å². The number of amides is 2. The van der Waals surface area contributed by atoms with Gasteiger partial charge in [-0.25, -0.2) is 0 Å². The number of carbonyl (C=O) groups excluding carboxylic acids is 2. The quantitative estimate of drug-likeness (QED) is 0.621. The van der Waals surface area contributed by atoms with E-state index < -0.39 is 6.04 Å². The lowest BCUT2D eigenvalue weighted by molar-refractivity contribution is -0.189. The van der Waals surface area contributed by atoms with Crippen molar-refractivity contribution in [1.29, 1.82) is 0 Å². The van der Waals surface area contributed by atoms with Gasteiger partial charge in [-0.15, -0.1) is 23.2 Å². The Hall–Kier alpha value is -0.520. The minimum Gasteiger partial charge on any atom is -0.380 e. The van der Waals surface area contributed by atoms with Gasteiger partial charge in [-0.2, -0.15) is 0 Å². The zero-order valence-corrected chi connectivity index (χ0v) is 19.1. The van der Waals surface area contributed by atoms with Crippen LogP contribution in [0.5, 0.6) is 0 Å². The molecule has 4 fully saturated rings. The molecule has 2 aliphatic carbocycles. The number of hydrogen-bond acceptors (Lipinski definition) is 3. The zero-order chi connectivity index (χ0) is 20.8. The summed E-state index contributed by atoms with van der Waals surface area (Å²) in [5, 5.41) is 0.436. The van der Waals surface area contributed by atoms with Gasteiger partial charge in [0.05, 0.1) is 13.2 Å². The van der Waals surface area contributed by atoms with E-state index in [0.29, 0.717) is 31.6 Å². The summed E-state index contributed by atoms with van der Waals surface area (Å²) in [6.07, 6.45) is 6.76. The second kappa shape index (κ2) is 8.55. The predicted molar refractivity (Wildman–Crippen MR) is 114 cm³/mol. The number of piperazine rings is 1. The molecule has 5 nitrogen and oxygen atoms in total. The molecule has 0 aromatic rings. The molecule has 4 rings (SSSR count). The Bertz CT molecular complexity index is 634. The van der Waals surface area contributed by atoms with Gasteiger partial charge in [0.15, 0.2) is 0 Å². The molecule has 2 saturated carbocycles. The smallest absolute Gasteiger partial charge is 0.246 e. The summed E-state index contributed by atoms with van der Waals surface area (Å²) in [5.74, 6) is 0.966. The van der Waals surface area contributed by atoms with Gasteiger partial charge in [-0.1, -0.05) is 13.8 Å². The van der Waals surface area contributed by atoms with Crippen molar-refractivity contribution in [3.63, 3.8) is 0 Å². The lowest BCUT2D eigenvalue weighted by atomic mass is 9.75. The number of rotatable bonds is 4. The summed E-state index contributed by atoms with van der Waals surface area (Å²) in [6.45, 7) is 6.22. The van der Waals surface area contributed by atoms with Crippen LogP contribution in [0.4, 0.5) is 0 Å². The highest BCUT2D eigenvalue weighted by Gasteiger charge is 2.55. The van der Waals surface area contributed by atoms with Crippen LogP contribution >= 0.6 is 23.2 Å². The average molecular weight is 445 g/mol. The molecule has 4 atom stereocenters. The molecule has 4 aliphatic rings. The molecule has 2 saturated heterocycles. The molecule has 0 bridgehead atoms. The maximum absolute atomic E-state index is 13.8. The Morgan fingerprint density at radius 2 is 1.69 bits per heavy atom. The van der Waals surface area contributed by atoms with E-state index in [1.54, 1.807) is 0 Å². The van der Waals surface area contributed by atoms with Gasteiger partial charge >= 0.3 is 0 Å². The normalized spacial score (nSPS) is 40.7. The summed E-state index contributed by atoms with van der Waals surface area (Å²) in [6, 6.07) is -0.297. The molecular formula is C22H34Cl2N2O3. The summed E-state index contributed by atoms with van der Waals surface area (Å²) < 4.78 is 5.50. The van der Waals surface area contributed by atoms with Crippen molar-refractivity contribution >= 4 is 35.0 Å². The summed E-state index contributed by atoms with van der Waals surface area (Å²) >= 11 is 12.6. The molecule has 0 radical (unpaired) electrons. The lowest BCUT2D eigenvalue weighted by Crippen LogP contribution is -2.71. The van der Waals surface area contributed by atoms with Gasteiger partial charge in [0.25, 0.3) is 0 Å². The van der Waals surface area contributed by atoms with Crippen LogP contribution in [0.25, 0.3) is 0 Å². The van der Waals surface area contributed by atoms with Crippen LogP contribution in [-0.4, -0.2) is 70.8 Å². The molecule has 0 aromatic heterocycles. The standard InChI is InChI=1S/C22H34Cl2N2O3/c1-14-9-17(24)7-8-18(14)25-11-19(27)26(10-15-3-5-16(23)6-4-15)20(21(25)28)22(2)12-29-13-22/h14-18,20H,3-13H2,1-2H3. The van der Waals surface area contributed by atoms with Gasteiger partial charge in [-0.05, 0) is 56.8 Å². The van der Waals surface area contributed by atoms with Gasteiger partial charge in [-0.3, -0.25) is 9.59 Å². The van der Waals surface area contributed by atoms with Crippen molar-refractivity contribution in [2.45, 2.75) is 81.6 Å². The van der Waals surface area contributed by atoms with Gasteiger partial charge in [0, 0.05) is 28.8 Å². The maximum atomic E-state index is 13.8. The van der Waals surface area contributed by atoms with E-state index in [1.165, 1.54) is 0 Å². The van der Waals surface area contributed by atoms with Crippen LogP contribution in [0.3, 0.4) is 0 Å². The number of carbonyl (C=O) groups is 2. The van der Waals surface area contributed by atoms with Gasteiger partial charge < -0.3 is 14.5 Å². The van der Waals surface area contributed by atoms with Crippen molar-refractivity contribution in [2.75, 3.05) is 26.3 Å². The van der Waals surface area contributed by atoms with Gasteiger partial charge in [0.1, 0.15) is 12.6 Å². The lowest BCUT2D eigenvalue weighted by Gasteiger charge is -2.54. The molecular weight excluding hydrogens is 411 g/mol. The monoisotopic (exact) mass is 444 g/mol. The van der Waals surface area contributed by atoms with Crippen LogP contribution in [-0.2, 0) is 14.3 Å². The molecule has 0 N–H and O–H groups in total. The first-order chi connectivity index (χ1) is 13.8. The van der Waals surface area contributed by atoms with Crippen molar-refractivity contribution in [1.82, 2.24) is 9.80 Å². The Labute approximate surface area is 184 Å². The minimum atomic E-state index is -0.410. The van der Waals surface area contributed by atoms with Crippen molar-refractivity contribution in [3.8, 4) is 0 Å². The number of ether oxygens (including phenoxy) is 1. The highest BCUT2D eigenvalue weighted by Crippen LogP contribution is 2.41. The Balaban J connectivity index is 1.54. The minimum absolute atomic E-state index is 0.0934. The molecule has 29 heavy (non-hydrogen) atoms. The molecule has 4 unspecified atom stereocenters. The van der Waals surface area contributed by atoms with E-state index in [4.69, 9.17) is 27.9 Å². The van der Waals surface area contributed by atoms with Crippen LogP contribution in [0.15, 0.2) is 0 Å². The van der Waals surface area contributed by atoms with Crippen LogP contribution in [0, 0.1) is 17.3 Å². The Kier molecular flexibility index (Phi) is 6.40. The Morgan fingerprint density at radius 3 is 2.28 bits per heavy atom. The second-order valence-corrected chi connectivity index (χ2v) is 11.4. The largest absolute Gasteiger partial charge is 0.380 e. The molecule has 2 amide bonds. The van der Waals surface area contributed by atoms with Crippen molar-refractivity contribution in [3.05, 3.63) is 0 Å². The molecule has 2 heterocycles. The highest BCUT2D eigenvalue weighted by molar-refractivity contribution is 6.20. The third-order valence-corrected chi connectivity index (χ3v) is 8.50. The first-order valence-electron chi connectivity index (χ1n) is 11.2. The fraction of sp³-hybridized carbons (Fsp3) is 0.909. The topological polar surface area (TPSA) is 49.9 Å². The fourth-order valence-electron chi connectivity index (χ4n) is 5.85. The average Bonchev–Trinajstić information content (AvgIpc) is 2.65. The van der Waals surface area contributed by atoms with Gasteiger partial charge in [0.2, 0.25) is 11.8 Å². The molecule has 7 heteroatoms. The SMILES string of the molecule is CC1CC(Cl)CCC1N1CC(=O)N(CC2CCC(Cl)CC2)C(C2(C)COC2)C1=O. The summed E-state index contributed by atoms with van der Waals surface area (Å²) in [5.41, 5.74) is -0.290. The van der Waals surface area contributed by atoms with E-state index in [2.05, 4.69) is 13.8 Å². The van der Waals surface area contributed by atoms with E-state index in [0.717, 1.165) is 44.9 Å². The van der Waals surface area contributed by atoms with Crippen LogP contribution in [0.1, 0.15) is 58.8 Å². The summed E-state index contributed by atoms with van der Waals surface area (Å²) in [7, 11) is 0. The Morgan fingerprint density at radius 1 is 1.03 bits per heavy atom. The number of alkyl halides is 2. The summed E-state index contributed by atoms with van der Waals surface area (Å²) in [4.78, 5) is 30.9. The van der Waals surface area contributed by atoms with Crippen molar-refractivity contribution < 1.29 is 14.3 Å². The zero-order valence-electron chi connectivity index (χ0n) is 17.6. The molecule has 164 valence electrons. The predicted octanol–water partition coefficient (Wildman–Crippen LogP) is 3.66. The van der Waals surface area contributed by atoms with Crippen LogP contribution < -0.4 is 0 Å². The second-order valence-electron chi connectivity index (χ2n) is 10.1. The highest BCUT2D eigenvalue weighted by atomic mass is 35.5. The molecule has 0 aromatic carbocycles.